The van der Waals surface area contributed by atoms with Crippen molar-refractivity contribution in [3.05, 3.63) is 23.9 Å². The molecule has 0 radical (unpaired) electrons. The molecule has 1 amide bonds. The number of ether oxygens (including phenoxy) is 1. The molecule has 0 atom stereocenters. The molecule has 1 aromatic rings. The fraction of sp³-hybridized carbons (Fsp3) is 0.571. The maximum Gasteiger partial charge on any atom is 0.257 e. The van der Waals surface area contributed by atoms with E-state index in [0.717, 1.165) is 6.54 Å². The van der Waals surface area contributed by atoms with Crippen molar-refractivity contribution >= 4 is 11.7 Å². The molecule has 1 heterocycles. The number of anilines is 1. The fourth-order valence-corrected chi connectivity index (χ4v) is 1.82. The summed E-state index contributed by atoms with van der Waals surface area (Å²) < 4.78 is 5.06. The van der Waals surface area contributed by atoms with Gasteiger partial charge >= 0.3 is 0 Å². The van der Waals surface area contributed by atoms with Gasteiger partial charge in [-0.05, 0) is 32.9 Å². The zero-order valence-electron chi connectivity index (χ0n) is 12.1. The van der Waals surface area contributed by atoms with E-state index in [1.165, 1.54) is 0 Å². The van der Waals surface area contributed by atoms with E-state index in [4.69, 9.17) is 4.74 Å². The van der Waals surface area contributed by atoms with Gasteiger partial charge in [-0.25, -0.2) is 4.98 Å². The zero-order chi connectivity index (χ0) is 14.3. The Morgan fingerprint density at radius 3 is 2.84 bits per heavy atom. The number of nitrogens with one attached hydrogen (secondary N) is 1. The van der Waals surface area contributed by atoms with Crippen LogP contribution in [0, 0.1) is 0 Å². The second kappa shape index (κ2) is 7.74. The van der Waals surface area contributed by atoms with Crippen LogP contribution < -0.4 is 5.32 Å². The van der Waals surface area contributed by atoms with Crippen LogP contribution in [-0.4, -0.2) is 48.6 Å². The van der Waals surface area contributed by atoms with Crippen molar-refractivity contribution in [3.8, 4) is 0 Å². The van der Waals surface area contributed by atoms with Gasteiger partial charge in [-0.1, -0.05) is 0 Å². The summed E-state index contributed by atoms with van der Waals surface area (Å²) in [6.07, 6.45) is 1.68. The Morgan fingerprint density at radius 2 is 2.26 bits per heavy atom. The Hall–Kier alpha value is -1.62. The molecule has 0 aromatic carbocycles. The standard InChI is InChI=1S/C14H23N3O2/c1-5-15-13-12(7-6-8-16-13)14(18)17(11(2)3)9-10-19-4/h6-8,11H,5,9-10H2,1-4H3,(H,15,16). The first-order chi connectivity index (χ1) is 9.11. The maximum absolute atomic E-state index is 12.6. The molecule has 5 nitrogen and oxygen atoms in total. The third kappa shape index (κ3) is 4.21. The Morgan fingerprint density at radius 1 is 1.53 bits per heavy atom. The molecule has 0 saturated carbocycles. The Kier molecular flexibility index (Phi) is 6.29. The first kappa shape index (κ1) is 15.4. The summed E-state index contributed by atoms with van der Waals surface area (Å²) >= 11 is 0. The molecule has 0 aliphatic heterocycles. The fourth-order valence-electron chi connectivity index (χ4n) is 1.82. The molecule has 106 valence electrons. The highest BCUT2D eigenvalue weighted by Crippen LogP contribution is 2.15. The van der Waals surface area contributed by atoms with Crippen LogP contribution in [0.25, 0.3) is 0 Å². The number of carbonyl (C=O) groups is 1. The summed E-state index contributed by atoms with van der Waals surface area (Å²) in [5.74, 6) is 0.620. The second-order valence-corrected chi connectivity index (χ2v) is 4.51. The van der Waals surface area contributed by atoms with Gasteiger partial charge in [0.1, 0.15) is 5.82 Å². The maximum atomic E-state index is 12.6. The van der Waals surface area contributed by atoms with Crippen LogP contribution >= 0.6 is 0 Å². The summed E-state index contributed by atoms with van der Waals surface area (Å²) in [6.45, 7) is 7.81. The summed E-state index contributed by atoms with van der Waals surface area (Å²) in [6, 6.07) is 3.70. The second-order valence-electron chi connectivity index (χ2n) is 4.51. The third-order valence-corrected chi connectivity index (χ3v) is 2.80. The first-order valence-electron chi connectivity index (χ1n) is 6.60. The number of methoxy groups -OCH3 is 1. The topological polar surface area (TPSA) is 54.5 Å². The van der Waals surface area contributed by atoms with Crippen molar-refractivity contribution < 1.29 is 9.53 Å². The molecule has 0 spiro atoms. The number of rotatable bonds is 7. The normalized spacial score (nSPS) is 10.6. The Bertz CT molecular complexity index is 407. The van der Waals surface area contributed by atoms with Gasteiger partial charge in [0.25, 0.3) is 5.91 Å². The quantitative estimate of drug-likeness (QED) is 0.819. The van der Waals surface area contributed by atoms with E-state index in [2.05, 4.69) is 10.3 Å². The van der Waals surface area contributed by atoms with E-state index in [1.807, 2.05) is 20.8 Å². The van der Waals surface area contributed by atoms with Gasteiger partial charge in [-0.2, -0.15) is 0 Å². The van der Waals surface area contributed by atoms with E-state index in [0.29, 0.717) is 24.5 Å². The number of pyridine rings is 1. The van der Waals surface area contributed by atoms with E-state index < -0.39 is 0 Å². The summed E-state index contributed by atoms with van der Waals surface area (Å²) in [5.41, 5.74) is 0.606. The highest BCUT2D eigenvalue weighted by atomic mass is 16.5. The number of nitrogens with zero attached hydrogens (tertiary/aromatic N) is 2. The SMILES string of the molecule is CCNc1ncccc1C(=O)N(CCOC)C(C)C. The van der Waals surface area contributed by atoms with Gasteiger partial charge in [0, 0.05) is 32.4 Å². The average molecular weight is 265 g/mol. The monoisotopic (exact) mass is 265 g/mol. The van der Waals surface area contributed by atoms with Crippen molar-refractivity contribution in [2.45, 2.75) is 26.8 Å². The van der Waals surface area contributed by atoms with Crippen LogP contribution in [0.5, 0.6) is 0 Å². The van der Waals surface area contributed by atoms with Crippen LogP contribution in [0.4, 0.5) is 5.82 Å². The van der Waals surface area contributed by atoms with Crippen molar-refractivity contribution in [2.75, 3.05) is 32.1 Å². The lowest BCUT2D eigenvalue weighted by molar-refractivity contribution is 0.0635. The van der Waals surface area contributed by atoms with Gasteiger partial charge in [0.2, 0.25) is 0 Å². The Balaban J connectivity index is 2.95. The van der Waals surface area contributed by atoms with Crippen molar-refractivity contribution in [3.63, 3.8) is 0 Å². The number of hydrogen-bond acceptors (Lipinski definition) is 4. The largest absolute Gasteiger partial charge is 0.383 e. The molecule has 0 aliphatic carbocycles. The van der Waals surface area contributed by atoms with Gasteiger partial charge < -0.3 is 15.0 Å². The summed E-state index contributed by atoms with van der Waals surface area (Å²) in [5, 5.41) is 3.12. The van der Waals surface area contributed by atoms with Crippen molar-refractivity contribution in [1.82, 2.24) is 9.88 Å². The summed E-state index contributed by atoms with van der Waals surface area (Å²) in [7, 11) is 1.64. The van der Waals surface area contributed by atoms with Crippen LogP contribution in [0.1, 0.15) is 31.1 Å². The molecule has 0 saturated heterocycles. The van der Waals surface area contributed by atoms with Crippen LogP contribution in [0.3, 0.4) is 0 Å². The summed E-state index contributed by atoms with van der Waals surface area (Å²) in [4.78, 5) is 18.6. The minimum Gasteiger partial charge on any atom is -0.383 e. The molecule has 0 fully saturated rings. The highest BCUT2D eigenvalue weighted by molar-refractivity contribution is 5.98. The van der Waals surface area contributed by atoms with Gasteiger partial charge in [-0.15, -0.1) is 0 Å². The minimum atomic E-state index is -0.0175. The van der Waals surface area contributed by atoms with Crippen molar-refractivity contribution in [2.24, 2.45) is 0 Å². The van der Waals surface area contributed by atoms with Gasteiger partial charge in [-0.3, -0.25) is 4.79 Å². The van der Waals surface area contributed by atoms with E-state index in [9.17, 15) is 4.79 Å². The highest BCUT2D eigenvalue weighted by Gasteiger charge is 2.21. The predicted molar refractivity (Wildman–Crippen MR) is 76.4 cm³/mol. The molecule has 1 rings (SSSR count). The molecule has 0 aliphatic rings. The molecule has 1 N–H and O–H groups in total. The number of aromatic nitrogens is 1. The Labute approximate surface area is 115 Å². The van der Waals surface area contributed by atoms with E-state index >= 15 is 0 Å². The molecule has 0 bridgehead atoms. The molecular formula is C14H23N3O2. The van der Waals surface area contributed by atoms with Gasteiger partial charge in [0.05, 0.1) is 12.2 Å². The van der Waals surface area contributed by atoms with E-state index in [1.54, 1.807) is 30.3 Å². The molecule has 19 heavy (non-hydrogen) atoms. The minimum absolute atomic E-state index is 0.0175. The lowest BCUT2D eigenvalue weighted by Crippen LogP contribution is -2.39. The number of carbonyl (C=O) groups excluding carboxylic acids is 1. The third-order valence-electron chi connectivity index (χ3n) is 2.80. The molecule has 1 aromatic heterocycles. The van der Waals surface area contributed by atoms with E-state index in [-0.39, 0.29) is 11.9 Å². The van der Waals surface area contributed by atoms with Crippen molar-refractivity contribution in [1.29, 1.82) is 0 Å². The first-order valence-corrected chi connectivity index (χ1v) is 6.60. The lowest BCUT2D eigenvalue weighted by Gasteiger charge is -2.27. The number of amides is 1. The zero-order valence-corrected chi connectivity index (χ0v) is 12.1. The number of hydrogen-bond donors (Lipinski definition) is 1. The van der Waals surface area contributed by atoms with Crippen LogP contribution in [0.15, 0.2) is 18.3 Å². The van der Waals surface area contributed by atoms with Gasteiger partial charge in [0.15, 0.2) is 0 Å². The smallest absolute Gasteiger partial charge is 0.257 e. The molecule has 5 heteroatoms. The predicted octanol–water partition coefficient (Wildman–Crippen LogP) is 2.01. The lowest BCUT2D eigenvalue weighted by atomic mass is 10.2. The molecular weight excluding hydrogens is 242 g/mol. The molecule has 0 unspecified atom stereocenters. The van der Waals surface area contributed by atoms with Crippen LogP contribution in [-0.2, 0) is 4.74 Å². The average Bonchev–Trinajstić information content (AvgIpc) is 2.39. The van der Waals surface area contributed by atoms with Crippen LogP contribution in [0.2, 0.25) is 0 Å².